The number of hydrogen-bond acceptors (Lipinski definition) is 7. The summed E-state index contributed by atoms with van der Waals surface area (Å²) in [6.45, 7) is 4.08. The number of sulfone groups is 1. The zero-order chi connectivity index (χ0) is 23.3. The molecule has 0 aliphatic carbocycles. The zero-order valence-electron chi connectivity index (χ0n) is 18.6. The van der Waals surface area contributed by atoms with E-state index in [-0.39, 0.29) is 0 Å². The van der Waals surface area contributed by atoms with Crippen LogP contribution in [0.4, 0.5) is 0 Å². The second kappa shape index (κ2) is 10.6. The van der Waals surface area contributed by atoms with Crippen LogP contribution in [0.3, 0.4) is 0 Å². The van der Waals surface area contributed by atoms with Crippen LogP contribution in [0.1, 0.15) is 19.8 Å². The molecule has 1 aliphatic rings. The van der Waals surface area contributed by atoms with Crippen molar-refractivity contribution in [1.29, 1.82) is 0 Å². The minimum absolute atomic E-state index is 0.377. The van der Waals surface area contributed by atoms with Gasteiger partial charge in [0.05, 0.1) is 23.9 Å². The lowest BCUT2D eigenvalue weighted by Crippen LogP contribution is -2.41. The normalized spacial score (nSPS) is 16.0. The first-order valence-electron chi connectivity index (χ1n) is 10.4. The average molecular weight is 484 g/mol. The molecule has 176 valence electrons. The minimum atomic E-state index is -3.92. The van der Waals surface area contributed by atoms with E-state index in [1.807, 2.05) is 16.7 Å². The van der Waals surface area contributed by atoms with Crippen molar-refractivity contribution in [1.82, 2.24) is 9.47 Å². The van der Waals surface area contributed by atoms with Crippen LogP contribution in [-0.4, -0.2) is 75.1 Å². The third-order valence-corrected chi connectivity index (χ3v) is 7.87. The van der Waals surface area contributed by atoms with Gasteiger partial charge in [0, 0.05) is 26.7 Å². The Morgan fingerprint density at radius 3 is 2.56 bits per heavy atom. The number of ether oxygens (including phenoxy) is 2. The van der Waals surface area contributed by atoms with E-state index in [2.05, 4.69) is 11.9 Å². The van der Waals surface area contributed by atoms with E-state index in [0.717, 1.165) is 23.1 Å². The average Bonchev–Trinajstić information content (AvgIpc) is 3.07. The minimum Gasteiger partial charge on any atom is -0.497 e. The van der Waals surface area contributed by atoms with E-state index in [0.29, 0.717) is 42.7 Å². The summed E-state index contributed by atoms with van der Waals surface area (Å²) in [7, 11) is -0.773. The molecule has 11 heteroatoms. The summed E-state index contributed by atoms with van der Waals surface area (Å²) in [4.78, 5) is 30.9. The van der Waals surface area contributed by atoms with Gasteiger partial charge in [-0.25, -0.2) is 8.42 Å². The Morgan fingerprint density at radius 1 is 1.19 bits per heavy atom. The molecule has 1 saturated heterocycles. The highest BCUT2D eigenvalue weighted by Crippen LogP contribution is 2.23. The molecule has 3 rings (SSSR count). The number of thiazole rings is 1. The number of carbonyl (C=O) groups is 2. The van der Waals surface area contributed by atoms with Gasteiger partial charge in [0.1, 0.15) is 17.3 Å². The van der Waals surface area contributed by atoms with E-state index < -0.39 is 33.2 Å². The van der Waals surface area contributed by atoms with E-state index in [4.69, 9.17) is 9.47 Å². The molecule has 0 atom stereocenters. The predicted molar refractivity (Wildman–Crippen MR) is 122 cm³/mol. The Morgan fingerprint density at radius 2 is 1.91 bits per heavy atom. The van der Waals surface area contributed by atoms with Crippen LogP contribution < -0.4 is 9.54 Å². The highest BCUT2D eigenvalue weighted by Gasteiger charge is 2.26. The van der Waals surface area contributed by atoms with Crippen LogP contribution in [0.2, 0.25) is 0 Å². The molecule has 1 aliphatic heterocycles. The number of fused-ring (bicyclic) bond motifs is 1. The van der Waals surface area contributed by atoms with E-state index in [1.165, 1.54) is 11.3 Å². The van der Waals surface area contributed by atoms with Gasteiger partial charge in [-0.1, -0.05) is 18.3 Å². The summed E-state index contributed by atoms with van der Waals surface area (Å²) < 4.78 is 38.1. The molecule has 0 saturated carbocycles. The Bertz CT molecular complexity index is 1140. The van der Waals surface area contributed by atoms with Crippen molar-refractivity contribution in [2.45, 2.75) is 26.3 Å². The molecule has 0 spiro atoms. The van der Waals surface area contributed by atoms with Crippen LogP contribution in [0.5, 0.6) is 5.75 Å². The molecule has 1 aromatic carbocycles. The molecule has 32 heavy (non-hydrogen) atoms. The third kappa shape index (κ3) is 6.17. The number of benzene rings is 1. The smallest absolute Gasteiger partial charge is 0.263 e. The Labute approximate surface area is 191 Å². The number of likely N-dealkylation sites (tertiary alicyclic amines) is 1. The maximum absolute atomic E-state index is 12.5. The lowest BCUT2D eigenvalue weighted by atomic mass is 9.99. The van der Waals surface area contributed by atoms with Crippen molar-refractivity contribution in [2.75, 3.05) is 45.4 Å². The lowest BCUT2D eigenvalue weighted by Gasteiger charge is -2.30. The van der Waals surface area contributed by atoms with Crippen LogP contribution in [-0.2, 0) is 30.7 Å². The van der Waals surface area contributed by atoms with Crippen molar-refractivity contribution in [3.63, 3.8) is 0 Å². The van der Waals surface area contributed by atoms with Gasteiger partial charge in [0.15, 0.2) is 14.6 Å². The monoisotopic (exact) mass is 483 g/mol. The number of amides is 2. The van der Waals surface area contributed by atoms with Crippen LogP contribution in [0.25, 0.3) is 10.2 Å². The highest BCUT2D eigenvalue weighted by molar-refractivity contribution is 7.92. The number of carbonyl (C=O) groups excluding carboxylic acids is 2. The van der Waals surface area contributed by atoms with Crippen molar-refractivity contribution in [2.24, 2.45) is 10.9 Å². The van der Waals surface area contributed by atoms with Gasteiger partial charge in [-0.3, -0.25) is 9.59 Å². The SMILES string of the molecule is COCCn1c(=NC(=O)CS(=O)(=O)CC(=O)N2CCC(C)CC2)sc2cc(OC)ccc21. The zero-order valence-corrected chi connectivity index (χ0v) is 20.2. The second-order valence-corrected chi connectivity index (χ2v) is 11.0. The first-order chi connectivity index (χ1) is 15.2. The van der Waals surface area contributed by atoms with Crippen molar-refractivity contribution >= 4 is 43.2 Å². The molecule has 2 heterocycles. The first kappa shape index (κ1) is 24.4. The molecule has 9 nitrogen and oxygen atoms in total. The first-order valence-corrected chi connectivity index (χ1v) is 13.1. The van der Waals surface area contributed by atoms with Crippen molar-refractivity contribution in [3.05, 3.63) is 23.0 Å². The van der Waals surface area contributed by atoms with Crippen LogP contribution in [0.15, 0.2) is 23.2 Å². The van der Waals surface area contributed by atoms with Crippen molar-refractivity contribution < 1.29 is 27.5 Å². The molecular weight excluding hydrogens is 454 g/mol. The number of aromatic nitrogens is 1. The Kier molecular flexibility index (Phi) is 8.07. The van der Waals surface area contributed by atoms with Gasteiger partial charge in [-0.05, 0) is 37.0 Å². The highest BCUT2D eigenvalue weighted by atomic mass is 32.2. The summed E-state index contributed by atoms with van der Waals surface area (Å²) in [5.41, 5.74) is 0.844. The summed E-state index contributed by atoms with van der Waals surface area (Å²) in [6.07, 6.45) is 1.72. The van der Waals surface area contributed by atoms with Crippen LogP contribution >= 0.6 is 11.3 Å². The van der Waals surface area contributed by atoms with Crippen molar-refractivity contribution in [3.8, 4) is 5.75 Å². The summed E-state index contributed by atoms with van der Waals surface area (Å²) >= 11 is 1.26. The number of nitrogens with zero attached hydrogens (tertiary/aromatic N) is 3. The largest absolute Gasteiger partial charge is 0.497 e. The van der Waals surface area contributed by atoms with E-state index in [1.54, 1.807) is 25.2 Å². The predicted octanol–water partition coefficient (Wildman–Crippen LogP) is 1.46. The summed E-state index contributed by atoms with van der Waals surface area (Å²) in [5, 5.41) is 0. The quantitative estimate of drug-likeness (QED) is 0.563. The lowest BCUT2D eigenvalue weighted by molar-refractivity contribution is -0.129. The molecule has 2 amide bonds. The molecule has 0 radical (unpaired) electrons. The van der Waals surface area contributed by atoms with Gasteiger partial charge in [0.25, 0.3) is 5.91 Å². The van der Waals surface area contributed by atoms with Crippen LogP contribution in [0, 0.1) is 5.92 Å². The van der Waals surface area contributed by atoms with Gasteiger partial charge in [-0.2, -0.15) is 4.99 Å². The molecule has 0 unspecified atom stereocenters. The number of hydrogen-bond donors (Lipinski definition) is 0. The fourth-order valence-corrected chi connectivity index (χ4v) is 5.78. The summed E-state index contributed by atoms with van der Waals surface area (Å²) in [6, 6.07) is 5.50. The molecule has 0 bridgehead atoms. The molecule has 0 N–H and O–H groups in total. The number of rotatable bonds is 8. The Balaban J connectivity index is 1.78. The molecule has 1 fully saturated rings. The topological polar surface area (TPSA) is 107 Å². The van der Waals surface area contributed by atoms with E-state index in [9.17, 15) is 18.0 Å². The van der Waals surface area contributed by atoms with Gasteiger partial charge in [0.2, 0.25) is 5.91 Å². The molecule has 1 aromatic heterocycles. The van der Waals surface area contributed by atoms with Gasteiger partial charge < -0.3 is 18.9 Å². The maximum Gasteiger partial charge on any atom is 0.263 e. The standard InChI is InChI=1S/C21H29N3O6S2/c1-15-6-8-23(9-7-15)20(26)14-32(27,28)13-19(25)22-21-24(10-11-29-2)17-5-4-16(30-3)12-18(17)31-21/h4-5,12,15H,6-11,13-14H2,1-3H3. The van der Waals surface area contributed by atoms with E-state index >= 15 is 0 Å². The number of piperidine rings is 1. The molecular formula is C21H29N3O6S2. The maximum atomic E-state index is 12.5. The third-order valence-electron chi connectivity index (χ3n) is 5.45. The number of methoxy groups -OCH3 is 2. The van der Waals surface area contributed by atoms with Gasteiger partial charge >= 0.3 is 0 Å². The second-order valence-electron chi connectivity index (χ2n) is 7.96. The summed E-state index contributed by atoms with van der Waals surface area (Å²) in [5.74, 6) is -1.52. The Hall–Kier alpha value is -2.24. The fraction of sp³-hybridized carbons (Fsp3) is 0.571. The molecule has 2 aromatic rings. The fourth-order valence-electron chi connectivity index (χ4n) is 3.58. The van der Waals surface area contributed by atoms with Gasteiger partial charge in [-0.15, -0.1) is 0 Å².